The lowest BCUT2D eigenvalue weighted by Crippen LogP contribution is -2.35. The van der Waals surface area contributed by atoms with Crippen LogP contribution in [-0.2, 0) is 4.74 Å². The van der Waals surface area contributed by atoms with Crippen LogP contribution < -0.4 is 5.73 Å². The molecule has 1 atom stereocenters. The molecule has 5 heteroatoms. The molecule has 1 aromatic heterocycles. The van der Waals surface area contributed by atoms with Crippen LogP contribution in [0.3, 0.4) is 0 Å². The molecule has 0 radical (unpaired) electrons. The fourth-order valence-electron chi connectivity index (χ4n) is 3.43. The van der Waals surface area contributed by atoms with Crippen molar-refractivity contribution in [2.24, 2.45) is 0 Å². The first kappa shape index (κ1) is 16.1. The van der Waals surface area contributed by atoms with E-state index in [1.807, 2.05) is 42.5 Å². The van der Waals surface area contributed by atoms with Crippen LogP contribution in [0.15, 0.2) is 48.5 Å². The maximum atomic E-state index is 6.52. The lowest BCUT2D eigenvalue weighted by Gasteiger charge is -2.31. The van der Waals surface area contributed by atoms with Gasteiger partial charge in [0.25, 0.3) is 0 Å². The van der Waals surface area contributed by atoms with Crippen LogP contribution in [0.4, 0.5) is 5.69 Å². The second-order valence-corrected chi connectivity index (χ2v) is 6.83. The Balaban J connectivity index is 1.67. The van der Waals surface area contributed by atoms with Crippen molar-refractivity contribution in [1.29, 1.82) is 0 Å². The van der Waals surface area contributed by atoms with Gasteiger partial charge in [0.1, 0.15) is 11.9 Å². The molecule has 4 rings (SSSR count). The number of imidazole rings is 1. The average Bonchev–Trinajstić information content (AvgIpc) is 3.05. The molecule has 1 unspecified atom stereocenters. The Bertz CT molecular complexity index is 819. The summed E-state index contributed by atoms with van der Waals surface area (Å²) in [6.07, 6.45) is 2.07. The highest BCUT2D eigenvalue weighted by molar-refractivity contribution is 5.74. The number of H-pyrrole nitrogens is 1. The first-order valence-electron chi connectivity index (χ1n) is 8.83. The number of hydrogen-bond acceptors (Lipinski definition) is 4. The minimum absolute atomic E-state index is 0.232. The van der Waals surface area contributed by atoms with E-state index in [1.165, 1.54) is 0 Å². The summed E-state index contributed by atoms with van der Waals surface area (Å²) in [6, 6.07) is 16.0. The molecule has 5 nitrogen and oxygen atoms in total. The number of fused-ring (bicyclic) bond motifs is 1. The lowest BCUT2D eigenvalue weighted by molar-refractivity contribution is -0.0264. The number of nitrogens with two attached hydrogens (primary N) is 1. The van der Waals surface area contributed by atoms with Crippen LogP contribution in [0.2, 0.25) is 0 Å². The molecule has 0 aliphatic carbocycles. The van der Waals surface area contributed by atoms with Gasteiger partial charge < -0.3 is 20.4 Å². The molecular formula is C20H24N4O. The van der Waals surface area contributed by atoms with Crippen molar-refractivity contribution in [3.63, 3.8) is 0 Å². The van der Waals surface area contributed by atoms with Gasteiger partial charge in [-0.25, -0.2) is 4.98 Å². The molecule has 1 saturated heterocycles. The van der Waals surface area contributed by atoms with E-state index in [-0.39, 0.29) is 12.2 Å². The third-order valence-corrected chi connectivity index (χ3v) is 4.86. The van der Waals surface area contributed by atoms with E-state index < -0.39 is 0 Å². The summed E-state index contributed by atoms with van der Waals surface area (Å²) in [7, 11) is 2.16. The van der Waals surface area contributed by atoms with Gasteiger partial charge >= 0.3 is 0 Å². The zero-order valence-corrected chi connectivity index (χ0v) is 14.5. The molecule has 0 spiro atoms. The number of aromatic nitrogens is 2. The minimum Gasteiger partial charge on any atom is -0.399 e. The predicted octanol–water partition coefficient (Wildman–Crippen LogP) is 3.35. The lowest BCUT2D eigenvalue weighted by atomic mass is 10.1. The Kier molecular flexibility index (Phi) is 4.42. The summed E-state index contributed by atoms with van der Waals surface area (Å²) in [5.74, 6) is 0.839. The molecule has 3 N–H and O–H groups in total. The largest absolute Gasteiger partial charge is 0.399 e. The van der Waals surface area contributed by atoms with Crippen molar-refractivity contribution in [1.82, 2.24) is 14.9 Å². The number of para-hydroxylation sites is 2. The van der Waals surface area contributed by atoms with E-state index >= 15 is 0 Å². The normalized spacial score (nSPS) is 17.8. The third kappa shape index (κ3) is 3.52. The van der Waals surface area contributed by atoms with Crippen LogP contribution in [0.1, 0.15) is 30.3 Å². The number of anilines is 1. The van der Waals surface area contributed by atoms with Crippen molar-refractivity contribution < 1.29 is 4.74 Å². The van der Waals surface area contributed by atoms with Gasteiger partial charge in [0.15, 0.2) is 0 Å². The van der Waals surface area contributed by atoms with Crippen LogP contribution in [0.5, 0.6) is 0 Å². The predicted molar refractivity (Wildman–Crippen MR) is 100 cm³/mol. The van der Waals surface area contributed by atoms with E-state index in [9.17, 15) is 0 Å². The Labute approximate surface area is 147 Å². The number of nitrogen functional groups attached to an aromatic ring is 1. The maximum absolute atomic E-state index is 6.52. The Morgan fingerprint density at radius 3 is 2.72 bits per heavy atom. The minimum atomic E-state index is -0.232. The average molecular weight is 336 g/mol. The van der Waals surface area contributed by atoms with Gasteiger partial charge in [-0.15, -0.1) is 0 Å². The molecule has 25 heavy (non-hydrogen) atoms. The number of piperidine rings is 1. The molecule has 2 heterocycles. The summed E-state index contributed by atoms with van der Waals surface area (Å²) >= 11 is 0. The van der Waals surface area contributed by atoms with Crippen molar-refractivity contribution >= 4 is 16.7 Å². The number of nitrogens with zero attached hydrogens (tertiary/aromatic N) is 2. The van der Waals surface area contributed by atoms with E-state index in [4.69, 9.17) is 15.5 Å². The SMILES string of the molecule is CN1CCC(OC(c2cccc(N)c2)c2nc3ccccc3[nH]2)CC1. The smallest absolute Gasteiger partial charge is 0.141 e. The van der Waals surface area contributed by atoms with Gasteiger partial charge in [-0.2, -0.15) is 0 Å². The molecule has 1 aliphatic heterocycles. The summed E-state index contributed by atoms with van der Waals surface area (Å²) in [5.41, 5.74) is 9.77. The van der Waals surface area contributed by atoms with Crippen LogP contribution in [0.25, 0.3) is 11.0 Å². The number of nitrogens with one attached hydrogen (secondary N) is 1. The van der Waals surface area contributed by atoms with E-state index in [0.717, 1.165) is 54.0 Å². The maximum Gasteiger partial charge on any atom is 0.141 e. The number of benzene rings is 2. The third-order valence-electron chi connectivity index (χ3n) is 4.86. The van der Waals surface area contributed by atoms with Crippen molar-refractivity contribution in [3.8, 4) is 0 Å². The molecule has 1 fully saturated rings. The molecule has 0 bridgehead atoms. The fourth-order valence-corrected chi connectivity index (χ4v) is 3.43. The first-order chi connectivity index (χ1) is 12.2. The van der Waals surface area contributed by atoms with Crippen LogP contribution in [0, 0.1) is 0 Å². The van der Waals surface area contributed by atoms with Crippen LogP contribution >= 0.6 is 0 Å². The summed E-state index contributed by atoms with van der Waals surface area (Å²) < 4.78 is 6.52. The van der Waals surface area contributed by atoms with Crippen molar-refractivity contribution in [2.45, 2.75) is 25.0 Å². The highest BCUT2D eigenvalue weighted by Gasteiger charge is 2.25. The van der Waals surface area contributed by atoms with E-state index in [1.54, 1.807) is 0 Å². The van der Waals surface area contributed by atoms with E-state index in [0.29, 0.717) is 0 Å². The fraction of sp³-hybridized carbons (Fsp3) is 0.350. The van der Waals surface area contributed by atoms with Crippen molar-refractivity contribution in [2.75, 3.05) is 25.9 Å². The second kappa shape index (κ2) is 6.86. The number of hydrogen-bond donors (Lipinski definition) is 2. The quantitative estimate of drug-likeness (QED) is 0.717. The number of rotatable bonds is 4. The molecule has 0 saturated carbocycles. The number of ether oxygens (including phenoxy) is 1. The molecule has 0 amide bonds. The highest BCUT2D eigenvalue weighted by Crippen LogP contribution is 2.30. The number of likely N-dealkylation sites (tertiary alicyclic amines) is 1. The molecule has 3 aromatic rings. The highest BCUT2D eigenvalue weighted by atomic mass is 16.5. The van der Waals surface area contributed by atoms with Gasteiger partial charge in [0.2, 0.25) is 0 Å². The number of aromatic amines is 1. The Hall–Kier alpha value is -2.37. The Morgan fingerprint density at radius 2 is 1.96 bits per heavy atom. The molecule has 2 aromatic carbocycles. The second-order valence-electron chi connectivity index (χ2n) is 6.83. The molecule has 1 aliphatic rings. The monoisotopic (exact) mass is 336 g/mol. The van der Waals surface area contributed by atoms with Gasteiger partial charge in [-0.1, -0.05) is 24.3 Å². The summed E-state index contributed by atoms with van der Waals surface area (Å²) in [5, 5.41) is 0. The zero-order valence-electron chi connectivity index (χ0n) is 14.5. The van der Waals surface area contributed by atoms with Crippen LogP contribution in [-0.4, -0.2) is 41.1 Å². The molecular weight excluding hydrogens is 312 g/mol. The molecule has 130 valence electrons. The van der Waals surface area contributed by atoms with Gasteiger partial charge in [0.05, 0.1) is 17.1 Å². The summed E-state index contributed by atoms with van der Waals surface area (Å²) in [6.45, 7) is 2.13. The topological polar surface area (TPSA) is 67.2 Å². The zero-order chi connectivity index (χ0) is 17.2. The van der Waals surface area contributed by atoms with Crippen molar-refractivity contribution in [3.05, 3.63) is 59.9 Å². The summed E-state index contributed by atoms with van der Waals surface area (Å²) in [4.78, 5) is 10.5. The Morgan fingerprint density at radius 1 is 1.16 bits per heavy atom. The van der Waals surface area contributed by atoms with Gasteiger partial charge in [-0.05, 0) is 49.7 Å². The van der Waals surface area contributed by atoms with Gasteiger partial charge in [0, 0.05) is 18.8 Å². The standard InChI is InChI=1S/C20H24N4O/c1-24-11-9-16(10-12-24)25-19(14-5-4-6-15(21)13-14)20-22-17-7-2-3-8-18(17)23-20/h2-8,13,16,19H,9-12,21H2,1H3,(H,22,23). The van der Waals surface area contributed by atoms with Gasteiger partial charge in [-0.3, -0.25) is 0 Å². The first-order valence-corrected chi connectivity index (χ1v) is 8.83. The van der Waals surface area contributed by atoms with E-state index in [2.05, 4.69) is 23.0 Å².